The third-order valence-corrected chi connectivity index (χ3v) is 14.1. The number of aromatic nitrogens is 2. The molecule has 10 heteroatoms. The van der Waals surface area contributed by atoms with Crippen LogP contribution >= 0.6 is 0 Å². The number of nitrogens with zero attached hydrogens (tertiary/aromatic N) is 7. The minimum atomic E-state index is -4.89. The Kier molecular flexibility index (Phi) is 11.1. The van der Waals surface area contributed by atoms with Crippen molar-refractivity contribution in [2.45, 2.75) is 6.18 Å². The number of nitriles is 5. The largest absolute Gasteiger partial charge is 0.418 e. The van der Waals surface area contributed by atoms with Crippen LogP contribution in [0.3, 0.4) is 0 Å². The molecule has 0 amide bonds. The highest BCUT2D eigenvalue weighted by atomic mass is 19.4. The summed E-state index contributed by atoms with van der Waals surface area (Å²) in [7, 11) is 0. The van der Waals surface area contributed by atoms with Crippen LogP contribution in [0.4, 0.5) is 13.2 Å². The first-order chi connectivity index (χ1) is 37.0. The standard InChI is InChI=1S/C66H34F3N7/c67-66(68,69)59-34-64(75-60-24-20-49(45-12-4-40(35-70)5-13-45)29-55(60)56-30-50(21-25-61(56)75)46-14-6-41(36-71)7-15-46)54(53-3-1-2-44(28-53)39-74)33-65(59)76-62-26-22-51(47-16-8-42(37-72)9-17-47)31-57(62)58-32-52(23-27-63(58)76)48-18-10-43(38-73)11-19-48/h1-34H. The van der Waals surface area contributed by atoms with Crippen molar-refractivity contribution in [3.05, 3.63) is 240 Å². The molecule has 354 valence electrons. The number of rotatable bonds is 7. The molecule has 0 aliphatic heterocycles. The second kappa shape index (κ2) is 18.3. The van der Waals surface area contributed by atoms with Crippen LogP contribution in [0, 0.1) is 56.7 Å². The number of benzene rings is 10. The molecule has 0 unspecified atom stereocenters. The Morgan fingerprint density at radius 2 is 0.605 bits per heavy atom. The Balaban J connectivity index is 1.16. The third-order valence-electron chi connectivity index (χ3n) is 14.1. The van der Waals surface area contributed by atoms with Crippen molar-refractivity contribution in [3.8, 4) is 97.4 Å². The average Bonchev–Trinajstić information content (AvgIpc) is 3.98. The first kappa shape index (κ1) is 46.1. The van der Waals surface area contributed by atoms with Crippen LogP contribution in [0.2, 0.25) is 0 Å². The maximum Gasteiger partial charge on any atom is 0.418 e. The van der Waals surface area contributed by atoms with Gasteiger partial charge in [0.05, 0.1) is 97.2 Å². The lowest BCUT2D eigenvalue weighted by Crippen LogP contribution is -2.13. The van der Waals surface area contributed by atoms with Crippen LogP contribution in [0.1, 0.15) is 33.4 Å². The molecule has 0 aliphatic carbocycles. The summed E-state index contributed by atoms with van der Waals surface area (Å²) in [5.41, 5.74) is 11.4. The minimum Gasteiger partial charge on any atom is -0.309 e. The first-order valence-electron chi connectivity index (χ1n) is 24.0. The van der Waals surface area contributed by atoms with Gasteiger partial charge in [0.1, 0.15) is 0 Å². The second-order valence-electron chi connectivity index (χ2n) is 18.4. The molecule has 0 saturated carbocycles. The molecule has 2 aromatic heterocycles. The first-order valence-corrected chi connectivity index (χ1v) is 24.0. The molecule has 0 N–H and O–H groups in total. The van der Waals surface area contributed by atoms with Gasteiger partial charge >= 0.3 is 6.18 Å². The van der Waals surface area contributed by atoms with E-state index in [-0.39, 0.29) is 11.4 Å². The van der Waals surface area contributed by atoms with E-state index in [0.29, 0.717) is 71.8 Å². The van der Waals surface area contributed by atoms with Crippen molar-refractivity contribution in [3.63, 3.8) is 0 Å². The van der Waals surface area contributed by atoms with Gasteiger partial charge in [-0.15, -0.1) is 0 Å². The Morgan fingerprint density at radius 1 is 0.289 bits per heavy atom. The molecule has 10 aromatic carbocycles. The van der Waals surface area contributed by atoms with Gasteiger partial charge in [-0.3, -0.25) is 0 Å². The molecule has 76 heavy (non-hydrogen) atoms. The van der Waals surface area contributed by atoms with E-state index in [0.717, 1.165) is 55.3 Å². The molecule has 0 spiro atoms. The zero-order chi connectivity index (χ0) is 52.2. The molecule has 0 bridgehead atoms. The lowest BCUT2D eigenvalue weighted by Gasteiger charge is -2.22. The van der Waals surface area contributed by atoms with E-state index in [1.165, 1.54) is 6.07 Å². The van der Waals surface area contributed by atoms with E-state index in [4.69, 9.17) is 0 Å². The Morgan fingerprint density at radius 3 is 0.921 bits per heavy atom. The summed E-state index contributed by atoms with van der Waals surface area (Å²) in [6, 6.07) is 72.3. The van der Waals surface area contributed by atoms with Crippen LogP contribution in [0.25, 0.3) is 111 Å². The Bertz CT molecular complexity index is 4360. The molecule has 7 nitrogen and oxygen atoms in total. The summed E-state index contributed by atoms with van der Waals surface area (Å²) >= 11 is 0. The molecule has 0 aliphatic rings. The van der Waals surface area contributed by atoms with E-state index in [2.05, 4.69) is 30.3 Å². The van der Waals surface area contributed by atoms with Crippen molar-refractivity contribution in [1.82, 2.24) is 9.13 Å². The van der Waals surface area contributed by atoms with Crippen LogP contribution in [0.5, 0.6) is 0 Å². The van der Waals surface area contributed by atoms with Gasteiger partial charge in [-0.05, 0) is 171 Å². The van der Waals surface area contributed by atoms with Crippen molar-refractivity contribution < 1.29 is 13.2 Å². The maximum absolute atomic E-state index is 16.5. The van der Waals surface area contributed by atoms with Crippen molar-refractivity contribution in [2.24, 2.45) is 0 Å². The van der Waals surface area contributed by atoms with Crippen molar-refractivity contribution in [2.75, 3.05) is 0 Å². The zero-order valence-electron chi connectivity index (χ0n) is 39.9. The molecule has 0 radical (unpaired) electrons. The molecular formula is C66H34F3N7. The van der Waals surface area contributed by atoms with E-state index >= 15 is 13.2 Å². The SMILES string of the molecule is N#Cc1ccc(-c2ccc3c(c2)c2cc(-c4ccc(C#N)cc4)ccc2n3-c2cc(C(F)(F)F)c(-n3c4ccc(-c5ccc(C#N)cc5)cc4c4cc(-c5ccc(C#N)cc5)ccc43)cc2-c2cccc(C#N)c2)cc1. The fraction of sp³-hybridized carbons (Fsp3) is 0.0152. The molecule has 0 saturated heterocycles. The van der Waals surface area contributed by atoms with Crippen LogP contribution in [-0.2, 0) is 6.18 Å². The predicted molar refractivity (Wildman–Crippen MR) is 291 cm³/mol. The summed E-state index contributed by atoms with van der Waals surface area (Å²) in [5, 5.41) is 51.3. The molecule has 0 atom stereocenters. The van der Waals surface area contributed by atoms with Crippen LogP contribution < -0.4 is 0 Å². The summed E-state index contributed by atoms with van der Waals surface area (Å²) < 4.78 is 53.0. The fourth-order valence-electron chi connectivity index (χ4n) is 10.4. The Hall–Kier alpha value is -11.0. The van der Waals surface area contributed by atoms with E-state index in [9.17, 15) is 26.3 Å². The highest BCUT2D eigenvalue weighted by molar-refractivity contribution is 6.14. The number of halogens is 3. The van der Waals surface area contributed by atoms with Gasteiger partial charge in [-0.25, -0.2) is 0 Å². The van der Waals surface area contributed by atoms with Gasteiger partial charge in [0.15, 0.2) is 0 Å². The normalized spacial score (nSPS) is 11.3. The van der Waals surface area contributed by atoms with Crippen molar-refractivity contribution >= 4 is 43.6 Å². The van der Waals surface area contributed by atoms with E-state index in [1.54, 1.807) is 83.4 Å². The van der Waals surface area contributed by atoms with Gasteiger partial charge in [0.25, 0.3) is 0 Å². The molecule has 12 aromatic rings. The Labute approximate surface area is 433 Å². The lowest BCUT2D eigenvalue weighted by atomic mass is 9.97. The topological polar surface area (TPSA) is 129 Å². The lowest BCUT2D eigenvalue weighted by molar-refractivity contribution is -0.137. The predicted octanol–water partition coefficient (Wildman–Crippen LogP) is 16.6. The zero-order valence-corrected chi connectivity index (χ0v) is 39.9. The van der Waals surface area contributed by atoms with E-state index < -0.39 is 11.7 Å². The van der Waals surface area contributed by atoms with Gasteiger partial charge < -0.3 is 9.13 Å². The summed E-state index contributed by atoms with van der Waals surface area (Å²) in [4.78, 5) is 0. The maximum atomic E-state index is 16.5. The smallest absolute Gasteiger partial charge is 0.309 e. The summed E-state index contributed by atoms with van der Waals surface area (Å²) in [6.45, 7) is 0. The van der Waals surface area contributed by atoms with E-state index in [1.807, 2.05) is 126 Å². The van der Waals surface area contributed by atoms with Gasteiger partial charge in [0.2, 0.25) is 0 Å². The van der Waals surface area contributed by atoms with Crippen molar-refractivity contribution in [1.29, 1.82) is 26.3 Å². The summed E-state index contributed by atoms with van der Waals surface area (Å²) in [6.07, 6.45) is -4.89. The molecular weight excluding hydrogens is 948 g/mol. The number of fused-ring (bicyclic) bond motifs is 6. The molecule has 12 rings (SSSR count). The quantitative estimate of drug-likeness (QED) is 0.157. The average molecular weight is 982 g/mol. The second-order valence-corrected chi connectivity index (χ2v) is 18.4. The number of hydrogen-bond acceptors (Lipinski definition) is 5. The van der Waals surface area contributed by atoms with Gasteiger partial charge in [0, 0.05) is 27.1 Å². The summed E-state index contributed by atoms with van der Waals surface area (Å²) in [5.74, 6) is 0. The fourth-order valence-corrected chi connectivity index (χ4v) is 10.4. The minimum absolute atomic E-state index is 0.127. The van der Waals surface area contributed by atoms with Gasteiger partial charge in [-0.1, -0.05) is 84.9 Å². The van der Waals surface area contributed by atoms with Gasteiger partial charge in [-0.2, -0.15) is 39.5 Å². The number of alkyl halides is 3. The molecule has 0 fully saturated rings. The number of hydrogen-bond donors (Lipinski definition) is 0. The monoisotopic (exact) mass is 981 g/mol. The molecule has 2 heterocycles. The highest BCUT2D eigenvalue weighted by Crippen LogP contribution is 2.47. The van der Waals surface area contributed by atoms with Crippen LogP contribution in [-0.4, -0.2) is 9.13 Å². The highest BCUT2D eigenvalue weighted by Gasteiger charge is 2.37. The van der Waals surface area contributed by atoms with Crippen LogP contribution in [0.15, 0.2) is 206 Å². The third kappa shape index (κ3) is 7.92.